The number of furan rings is 1. The summed E-state index contributed by atoms with van der Waals surface area (Å²) in [4.78, 5) is 0. The Balaban J connectivity index is 2.10. The van der Waals surface area contributed by atoms with Gasteiger partial charge >= 0.3 is 0 Å². The van der Waals surface area contributed by atoms with Gasteiger partial charge in [0, 0.05) is 22.9 Å². The van der Waals surface area contributed by atoms with Crippen molar-refractivity contribution in [2.24, 2.45) is 11.7 Å². The summed E-state index contributed by atoms with van der Waals surface area (Å²) in [6.45, 7) is -0.0365. The van der Waals surface area contributed by atoms with Crippen LogP contribution >= 0.6 is 11.6 Å². The molecule has 1 atom stereocenters. The molecule has 1 heterocycles. The minimum Gasteiger partial charge on any atom is -0.458 e. The first-order valence-corrected chi connectivity index (χ1v) is 6.10. The summed E-state index contributed by atoms with van der Waals surface area (Å²) in [6.07, 6.45) is 1.76. The maximum atomic E-state index is 14.7. The van der Waals surface area contributed by atoms with Crippen molar-refractivity contribution in [1.29, 1.82) is 0 Å². The largest absolute Gasteiger partial charge is 0.458 e. The van der Waals surface area contributed by atoms with Crippen LogP contribution in [0.1, 0.15) is 18.6 Å². The highest BCUT2D eigenvalue weighted by Crippen LogP contribution is 2.49. The Kier molecular flexibility index (Phi) is 2.42. The number of rotatable bonds is 3. The second kappa shape index (κ2) is 3.72. The van der Waals surface area contributed by atoms with Gasteiger partial charge in [-0.2, -0.15) is 0 Å². The first-order valence-electron chi connectivity index (χ1n) is 5.72. The molecule has 1 aliphatic rings. The van der Waals surface area contributed by atoms with Crippen LogP contribution in [0.15, 0.2) is 28.7 Å². The van der Waals surface area contributed by atoms with Gasteiger partial charge in [0.05, 0.1) is 0 Å². The molecule has 17 heavy (non-hydrogen) atoms. The van der Waals surface area contributed by atoms with Crippen LogP contribution in [0.25, 0.3) is 11.0 Å². The molecule has 0 spiro atoms. The van der Waals surface area contributed by atoms with Gasteiger partial charge in [-0.15, -0.1) is 0 Å². The van der Waals surface area contributed by atoms with Crippen LogP contribution in [0.5, 0.6) is 0 Å². The fourth-order valence-corrected chi connectivity index (χ4v) is 2.41. The molecule has 0 amide bonds. The zero-order chi connectivity index (χ0) is 12.0. The molecule has 0 bridgehead atoms. The maximum Gasteiger partial charge on any atom is 0.183 e. The SMILES string of the molecule is NCC(F)(c1cc2cc(Cl)ccc2o1)C1CC1. The highest BCUT2D eigenvalue weighted by Gasteiger charge is 2.48. The molecule has 4 heteroatoms. The second-order valence-electron chi connectivity index (χ2n) is 4.63. The fourth-order valence-electron chi connectivity index (χ4n) is 2.23. The maximum absolute atomic E-state index is 14.7. The van der Waals surface area contributed by atoms with E-state index in [9.17, 15) is 4.39 Å². The van der Waals surface area contributed by atoms with Crippen LogP contribution < -0.4 is 5.73 Å². The summed E-state index contributed by atoms with van der Waals surface area (Å²) in [5.74, 6) is 0.336. The summed E-state index contributed by atoms with van der Waals surface area (Å²) in [5, 5.41) is 1.44. The van der Waals surface area contributed by atoms with E-state index >= 15 is 0 Å². The van der Waals surface area contributed by atoms with Gasteiger partial charge < -0.3 is 10.2 Å². The van der Waals surface area contributed by atoms with Gasteiger partial charge in [0.2, 0.25) is 0 Å². The predicted octanol–water partition coefficient (Wildman–Crippen LogP) is 3.62. The Morgan fingerprint density at radius 1 is 1.41 bits per heavy atom. The fraction of sp³-hybridized carbons (Fsp3) is 0.385. The van der Waals surface area contributed by atoms with E-state index in [-0.39, 0.29) is 12.5 Å². The van der Waals surface area contributed by atoms with Gasteiger partial charge in [-0.25, -0.2) is 4.39 Å². The molecule has 0 radical (unpaired) electrons. The summed E-state index contributed by atoms with van der Waals surface area (Å²) in [5.41, 5.74) is 4.70. The van der Waals surface area contributed by atoms with Crippen molar-refractivity contribution in [2.75, 3.05) is 6.54 Å². The van der Waals surface area contributed by atoms with Gasteiger partial charge in [-0.05, 0) is 37.1 Å². The average molecular weight is 254 g/mol. The number of nitrogens with two attached hydrogens (primary N) is 1. The van der Waals surface area contributed by atoms with Crippen molar-refractivity contribution in [2.45, 2.75) is 18.5 Å². The minimum atomic E-state index is -1.52. The van der Waals surface area contributed by atoms with Crippen LogP contribution in [0.4, 0.5) is 4.39 Å². The highest BCUT2D eigenvalue weighted by atomic mass is 35.5. The number of hydrogen-bond donors (Lipinski definition) is 1. The standard InChI is InChI=1S/C13H13ClFNO/c14-10-3-4-11-8(5-10)6-12(17-11)13(15,7-16)9-1-2-9/h3-6,9H,1-2,7,16H2. The van der Waals surface area contributed by atoms with Crippen LogP contribution in [0.3, 0.4) is 0 Å². The third kappa shape index (κ3) is 1.74. The zero-order valence-electron chi connectivity index (χ0n) is 9.25. The summed E-state index contributed by atoms with van der Waals surface area (Å²) >= 11 is 5.89. The molecule has 1 saturated carbocycles. The summed E-state index contributed by atoms with van der Waals surface area (Å²) in [6, 6.07) is 6.97. The van der Waals surface area contributed by atoms with Crippen molar-refractivity contribution in [3.63, 3.8) is 0 Å². The number of benzene rings is 1. The molecule has 0 saturated heterocycles. The number of fused-ring (bicyclic) bond motifs is 1. The van der Waals surface area contributed by atoms with Gasteiger partial charge in [-0.3, -0.25) is 0 Å². The quantitative estimate of drug-likeness (QED) is 0.907. The Morgan fingerprint density at radius 2 is 2.18 bits per heavy atom. The molecule has 1 fully saturated rings. The normalized spacial score (nSPS) is 19.5. The number of alkyl halides is 1. The Labute approximate surface area is 104 Å². The first kappa shape index (κ1) is 11.1. The molecule has 0 aliphatic heterocycles. The Hall–Kier alpha value is -1.06. The first-order chi connectivity index (χ1) is 8.13. The molecule has 90 valence electrons. The average Bonchev–Trinajstić information content (AvgIpc) is 3.08. The molecule has 2 nitrogen and oxygen atoms in total. The smallest absolute Gasteiger partial charge is 0.183 e. The van der Waals surface area contributed by atoms with Gasteiger partial charge in [0.1, 0.15) is 11.3 Å². The number of hydrogen-bond acceptors (Lipinski definition) is 2. The minimum absolute atomic E-state index is 0.00327. The number of halogens is 2. The molecule has 1 aromatic carbocycles. The molecule has 1 unspecified atom stereocenters. The molecule has 2 N–H and O–H groups in total. The van der Waals surface area contributed by atoms with Gasteiger partial charge in [0.15, 0.2) is 5.67 Å². The monoisotopic (exact) mass is 253 g/mol. The lowest BCUT2D eigenvalue weighted by atomic mass is 9.97. The predicted molar refractivity (Wildman–Crippen MR) is 65.8 cm³/mol. The lowest BCUT2D eigenvalue weighted by Crippen LogP contribution is -2.32. The van der Waals surface area contributed by atoms with Crippen molar-refractivity contribution in [3.05, 3.63) is 35.0 Å². The zero-order valence-corrected chi connectivity index (χ0v) is 10.0. The van der Waals surface area contributed by atoms with Crippen molar-refractivity contribution in [1.82, 2.24) is 0 Å². The second-order valence-corrected chi connectivity index (χ2v) is 5.07. The Morgan fingerprint density at radius 3 is 2.82 bits per heavy atom. The molecule has 2 aromatic rings. The van der Waals surface area contributed by atoms with E-state index in [0.29, 0.717) is 16.4 Å². The van der Waals surface area contributed by atoms with Crippen LogP contribution in [-0.2, 0) is 5.67 Å². The molecule has 3 rings (SSSR count). The third-order valence-electron chi connectivity index (χ3n) is 3.41. The van der Waals surface area contributed by atoms with Crippen molar-refractivity contribution < 1.29 is 8.81 Å². The van der Waals surface area contributed by atoms with Gasteiger partial charge in [0.25, 0.3) is 0 Å². The van der Waals surface area contributed by atoms with Crippen molar-refractivity contribution >= 4 is 22.6 Å². The molecular formula is C13H13ClFNO. The summed E-state index contributed by atoms with van der Waals surface area (Å²) < 4.78 is 20.3. The molecule has 1 aliphatic carbocycles. The van der Waals surface area contributed by atoms with E-state index in [2.05, 4.69) is 0 Å². The van der Waals surface area contributed by atoms with Crippen LogP contribution in [-0.4, -0.2) is 6.54 Å². The van der Waals surface area contributed by atoms with E-state index in [1.54, 1.807) is 24.3 Å². The van der Waals surface area contributed by atoms with E-state index < -0.39 is 5.67 Å². The molecule has 1 aromatic heterocycles. The lowest BCUT2D eigenvalue weighted by Gasteiger charge is -2.20. The van der Waals surface area contributed by atoms with Crippen LogP contribution in [0, 0.1) is 5.92 Å². The lowest BCUT2D eigenvalue weighted by molar-refractivity contribution is 0.113. The third-order valence-corrected chi connectivity index (χ3v) is 3.64. The van der Waals surface area contributed by atoms with Crippen LogP contribution in [0.2, 0.25) is 5.02 Å². The summed E-state index contributed by atoms with van der Waals surface area (Å²) in [7, 11) is 0. The molecular weight excluding hydrogens is 241 g/mol. The topological polar surface area (TPSA) is 39.2 Å². The van der Waals surface area contributed by atoms with E-state index in [1.807, 2.05) is 0 Å². The Bertz CT molecular complexity index is 564. The van der Waals surface area contributed by atoms with Gasteiger partial charge in [-0.1, -0.05) is 11.6 Å². The van der Waals surface area contributed by atoms with E-state index in [1.165, 1.54) is 0 Å². The van der Waals surface area contributed by atoms with Crippen molar-refractivity contribution in [3.8, 4) is 0 Å². The van der Waals surface area contributed by atoms with E-state index in [0.717, 1.165) is 18.2 Å². The van der Waals surface area contributed by atoms with E-state index in [4.69, 9.17) is 21.8 Å². The highest BCUT2D eigenvalue weighted by molar-refractivity contribution is 6.31.